The molecule has 6 nitrogen and oxygen atoms in total. The Bertz CT molecular complexity index is 897. The molecule has 154 valence electrons. The molecule has 0 saturated heterocycles. The minimum atomic E-state index is -0.394. The molecule has 0 aliphatic heterocycles. The topological polar surface area (TPSA) is 78.5 Å². The number of anilines is 2. The fraction of sp³-hybridized carbons (Fsp3) is 0.211. The first-order valence-corrected chi connectivity index (χ1v) is 10.3. The lowest BCUT2D eigenvalue weighted by Crippen LogP contribution is -2.36. The fourth-order valence-electron chi connectivity index (χ4n) is 2.15. The molecule has 0 aliphatic rings. The molecule has 2 aromatic rings. The Morgan fingerprint density at radius 1 is 0.931 bits per heavy atom. The summed E-state index contributed by atoms with van der Waals surface area (Å²) in [5, 5.41) is 5.91. The Balaban J connectivity index is 1.71. The summed E-state index contributed by atoms with van der Waals surface area (Å²) in [6, 6.07) is 10.0. The van der Waals surface area contributed by atoms with Gasteiger partial charge in [-0.25, -0.2) is 4.39 Å². The molecule has 2 rings (SSSR count). The van der Waals surface area contributed by atoms with Crippen LogP contribution < -0.4 is 10.6 Å². The highest BCUT2D eigenvalue weighted by Crippen LogP contribution is 2.24. The molecule has 0 fully saturated rings. The van der Waals surface area contributed by atoms with Crippen molar-refractivity contribution in [2.75, 3.05) is 35.7 Å². The molecule has 0 atom stereocenters. The van der Waals surface area contributed by atoms with Crippen LogP contribution in [-0.4, -0.2) is 47.7 Å². The summed E-state index contributed by atoms with van der Waals surface area (Å²) in [6.45, 7) is -0.151. The predicted octanol–water partition coefficient (Wildman–Crippen LogP) is 3.90. The molecule has 2 aromatic carbocycles. The first kappa shape index (κ1) is 23.0. The Morgan fingerprint density at radius 2 is 1.55 bits per heavy atom. The minimum Gasteiger partial charge on any atom is -0.336 e. The molecular formula is C19H18Cl2FN3O3S. The number of halogens is 3. The van der Waals surface area contributed by atoms with E-state index in [4.69, 9.17) is 23.2 Å². The van der Waals surface area contributed by atoms with E-state index in [1.165, 1.54) is 42.3 Å². The van der Waals surface area contributed by atoms with Crippen molar-refractivity contribution in [1.29, 1.82) is 0 Å². The lowest BCUT2D eigenvalue weighted by Gasteiger charge is -2.16. The molecule has 0 aromatic heterocycles. The van der Waals surface area contributed by atoms with E-state index in [0.29, 0.717) is 21.4 Å². The molecule has 0 radical (unpaired) electrons. The van der Waals surface area contributed by atoms with Gasteiger partial charge in [-0.1, -0.05) is 23.2 Å². The molecule has 0 spiro atoms. The summed E-state index contributed by atoms with van der Waals surface area (Å²) in [4.78, 5) is 37.3. The van der Waals surface area contributed by atoms with Crippen LogP contribution in [0.25, 0.3) is 0 Å². The Kier molecular flexibility index (Phi) is 8.75. The summed E-state index contributed by atoms with van der Waals surface area (Å²) in [7, 11) is 1.50. The van der Waals surface area contributed by atoms with Gasteiger partial charge in [0.15, 0.2) is 0 Å². The van der Waals surface area contributed by atoms with Gasteiger partial charge in [-0.3, -0.25) is 14.4 Å². The number of thioether (sulfide) groups is 1. The number of likely N-dealkylation sites (N-methyl/N-ethyl adjacent to an activating group) is 1. The summed E-state index contributed by atoms with van der Waals surface area (Å²) in [6.07, 6.45) is 0. The summed E-state index contributed by atoms with van der Waals surface area (Å²) in [5.41, 5.74) is 0.941. The van der Waals surface area contributed by atoms with Gasteiger partial charge in [0.05, 0.1) is 28.1 Å². The maximum atomic E-state index is 12.8. The number of rotatable bonds is 8. The molecular weight excluding hydrogens is 440 g/mol. The second-order valence-corrected chi connectivity index (χ2v) is 7.77. The van der Waals surface area contributed by atoms with Crippen molar-refractivity contribution in [1.82, 2.24) is 4.90 Å². The molecule has 0 unspecified atom stereocenters. The minimum absolute atomic E-state index is 0.0351. The molecule has 0 aliphatic carbocycles. The van der Waals surface area contributed by atoms with Gasteiger partial charge in [0.1, 0.15) is 5.82 Å². The number of hydrogen-bond acceptors (Lipinski definition) is 4. The quantitative estimate of drug-likeness (QED) is 0.629. The van der Waals surface area contributed by atoms with Crippen LogP contribution in [0.2, 0.25) is 10.0 Å². The van der Waals surface area contributed by atoms with E-state index in [1.807, 2.05) is 0 Å². The normalized spacial score (nSPS) is 10.3. The van der Waals surface area contributed by atoms with Crippen molar-refractivity contribution in [3.63, 3.8) is 0 Å². The number of amides is 3. The SMILES string of the molecule is CN(CC(=O)Nc1ccc(Cl)c(Cl)c1)C(=O)CSCC(=O)Nc1ccc(F)cc1. The zero-order valence-electron chi connectivity index (χ0n) is 15.4. The largest absolute Gasteiger partial charge is 0.336 e. The van der Waals surface area contributed by atoms with Gasteiger partial charge in [-0.15, -0.1) is 11.8 Å². The van der Waals surface area contributed by atoms with E-state index in [9.17, 15) is 18.8 Å². The third kappa shape index (κ3) is 7.92. The molecule has 2 N–H and O–H groups in total. The van der Waals surface area contributed by atoms with E-state index in [1.54, 1.807) is 12.1 Å². The van der Waals surface area contributed by atoms with Crippen LogP contribution in [0.15, 0.2) is 42.5 Å². The van der Waals surface area contributed by atoms with Crippen LogP contribution in [0.5, 0.6) is 0 Å². The summed E-state index contributed by atoms with van der Waals surface area (Å²) >= 11 is 12.8. The van der Waals surface area contributed by atoms with Crippen LogP contribution >= 0.6 is 35.0 Å². The lowest BCUT2D eigenvalue weighted by atomic mass is 10.3. The van der Waals surface area contributed by atoms with Gasteiger partial charge < -0.3 is 15.5 Å². The summed E-state index contributed by atoms with van der Waals surface area (Å²) < 4.78 is 12.8. The monoisotopic (exact) mass is 457 g/mol. The highest BCUT2D eigenvalue weighted by Gasteiger charge is 2.14. The summed E-state index contributed by atoms with van der Waals surface area (Å²) in [5.74, 6) is -1.31. The molecule has 0 saturated carbocycles. The van der Waals surface area contributed by atoms with Gasteiger partial charge >= 0.3 is 0 Å². The van der Waals surface area contributed by atoms with Gasteiger partial charge in [0, 0.05) is 18.4 Å². The van der Waals surface area contributed by atoms with Crippen molar-refractivity contribution in [3.8, 4) is 0 Å². The highest BCUT2D eigenvalue weighted by atomic mass is 35.5. The average molecular weight is 458 g/mol. The molecule has 0 heterocycles. The highest BCUT2D eigenvalue weighted by molar-refractivity contribution is 8.00. The van der Waals surface area contributed by atoms with Gasteiger partial charge in [0.25, 0.3) is 0 Å². The molecule has 10 heteroatoms. The predicted molar refractivity (Wildman–Crippen MR) is 115 cm³/mol. The molecule has 29 heavy (non-hydrogen) atoms. The van der Waals surface area contributed by atoms with Crippen LogP contribution in [0, 0.1) is 5.82 Å². The Hall–Kier alpha value is -2.29. The van der Waals surface area contributed by atoms with Gasteiger partial charge in [-0.05, 0) is 42.5 Å². The zero-order chi connectivity index (χ0) is 21.4. The number of nitrogens with zero attached hydrogens (tertiary/aromatic N) is 1. The van der Waals surface area contributed by atoms with Crippen molar-refractivity contribution in [2.45, 2.75) is 0 Å². The average Bonchev–Trinajstić information content (AvgIpc) is 2.66. The third-order valence-corrected chi connectivity index (χ3v) is 5.25. The van der Waals surface area contributed by atoms with Crippen LogP contribution in [-0.2, 0) is 14.4 Å². The maximum absolute atomic E-state index is 12.8. The Labute approximate surface area is 181 Å². The second-order valence-electron chi connectivity index (χ2n) is 5.97. The van der Waals surface area contributed by atoms with Gasteiger partial charge in [0.2, 0.25) is 17.7 Å². The fourth-order valence-corrected chi connectivity index (χ4v) is 3.20. The second kappa shape index (κ2) is 11.0. The smallest absolute Gasteiger partial charge is 0.243 e. The van der Waals surface area contributed by atoms with E-state index in [0.717, 1.165) is 11.8 Å². The van der Waals surface area contributed by atoms with Gasteiger partial charge in [-0.2, -0.15) is 0 Å². The third-order valence-electron chi connectivity index (χ3n) is 3.60. The van der Waals surface area contributed by atoms with Crippen molar-refractivity contribution in [3.05, 3.63) is 58.3 Å². The number of hydrogen-bond donors (Lipinski definition) is 2. The van der Waals surface area contributed by atoms with Crippen LogP contribution in [0.1, 0.15) is 0 Å². The first-order chi connectivity index (χ1) is 13.7. The molecule has 3 amide bonds. The number of nitrogens with one attached hydrogen (secondary N) is 2. The zero-order valence-corrected chi connectivity index (χ0v) is 17.7. The van der Waals surface area contributed by atoms with Crippen molar-refractivity contribution < 1.29 is 18.8 Å². The number of benzene rings is 2. The maximum Gasteiger partial charge on any atom is 0.243 e. The van der Waals surface area contributed by atoms with Crippen LogP contribution in [0.3, 0.4) is 0 Å². The number of carbonyl (C=O) groups excluding carboxylic acids is 3. The standard InChI is InChI=1S/C19H18Cl2FN3O3S/c1-25(9-17(26)24-14-6-7-15(20)16(21)8-14)19(28)11-29-10-18(27)23-13-4-2-12(22)3-5-13/h2-8H,9-11H2,1H3,(H,23,27)(H,24,26). The number of carbonyl (C=O) groups is 3. The van der Waals surface area contributed by atoms with Crippen molar-refractivity contribution >= 4 is 64.1 Å². The van der Waals surface area contributed by atoms with Crippen LogP contribution in [0.4, 0.5) is 15.8 Å². The Morgan fingerprint density at radius 3 is 2.21 bits per heavy atom. The van der Waals surface area contributed by atoms with E-state index in [-0.39, 0.29) is 29.9 Å². The molecule has 0 bridgehead atoms. The van der Waals surface area contributed by atoms with E-state index < -0.39 is 11.7 Å². The van der Waals surface area contributed by atoms with E-state index >= 15 is 0 Å². The lowest BCUT2D eigenvalue weighted by molar-refractivity contribution is -0.131. The first-order valence-electron chi connectivity index (χ1n) is 8.36. The van der Waals surface area contributed by atoms with Crippen molar-refractivity contribution in [2.24, 2.45) is 0 Å². The van der Waals surface area contributed by atoms with E-state index in [2.05, 4.69) is 10.6 Å².